The fourth-order valence-corrected chi connectivity index (χ4v) is 1.95. The highest BCUT2D eigenvalue weighted by Gasteiger charge is 2.30. The van der Waals surface area contributed by atoms with Crippen molar-refractivity contribution in [2.75, 3.05) is 0 Å². The van der Waals surface area contributed by atoms with Crippen molar-refractivity contribution < 1.29 is 22.4 Å². The van der Waals surface area contributed by atoms with Gasteiger partial charge >= 0.3 is 6.18 Å². The summed E-state index contributed by atoms with van der Waals surface area (Å²) in [6, 6.07) is 10.3. The average molecular weight is 311 g/mol. The number of rotatable bonds is 4. The molecular formula is C16H13F4NO. The van der Waals surface area contributed by atoms with Crippen LogP contribution in [0, 0.1) is 5.82 Å². The van der Waals surface area contributed by atoms with E-state index in [0.29, 0.717) is 11.1 Å². The Morgan fingerprint density at radius 3 is 2.36 bits per heavy atom. The van der Waals surface area contributed by atoms with Gasteiger partial charge in [-0.25, -0.2) is 4.39 Å². The number of alkyl halides is 3. The summed E-state index contributed by atoms with van der Waals surface area (Å²) in [5.41, 5.74) is 0.0911. The van der Waals surface area contributed by atoms with E-state index in [1.807, 2.05) is 0 Å². The molecule has 0 unspecified atom stereocenters. The van der Waals surface area contributed by atoms with Crippen molar-refractivity contribution in [1.82, 2.24) is 5.32 Å². The summed E-state index contributed by atoms with van der Waals surface area (Å²) in [7, 11) is 0. The molecule has 2 nitrogen and oxygen atoms in total. The standard InChI is InChI=1S/C16H13F4NO/c17-14-6-2-3-11(8-14)9-15(22)21-10-12-4-1-5-13(7-12)16(18,19)20/h1-8H,9-10H2,(H,21,22). The lowest BCUT2D eigenvalue weighted by Gasteiger charge is -2.09. The monoisotopic (exact) mass is 311 g/mol. The van der Waals surface area contributed by atoms with Gasteiger partial charge in [0, 0.05) is 6.54 Å². The highest BCUT2D eigenvalue weighted by atomic mass is 19.4. The van der Waals surface area contributed by atoms with Crippen LogP contribution in [0.2, 0.25) is 0 Å². The Morgan fingerprint density at radius 2 is 1.68 bits per heavy atom. The third-order valence-electron chi connectivity index (χ3n) is 3.00. The van der Waals surface area contributed by atoms with Crippen molar-refractivity contribution in [3.63, 3.8) is 0 Å². The molecule has 2 aromatic carbocycles. The van der Waals surface area contributed by atoms with Crippen molar-refractivity contribution in [2.45, 2.75) is 19.1 Å². The first-order valence-corrected chi connectivity index (χ1v) is 6.52. The molecule has 0 atom stereocenters. The smallest absolute Gasteiger partial charge is 0.352 e. The maximum absolute atomic E-state index is 13.0. The number of amides is 1. The SMILES string of the molecule is O=C(Cc1cccc(F)c1)NCc1cccc(C(F)(F)F)c1. The molecule has 0 radical (unpaired) electrons. The maximum Gasteiger partial charge on any atom is 0.416 e. The van der Waals surface area contributed by atoms with E-state index in [4.69, 9.17) is 0 Å². The number of hydrogen-bond donors (Lipinski definition) is 1. The number of halogens is 4. The Hall–Kier alpha value is -2.37. The second-order valence-electron chi connectivity index (χ2n) is 4.78. The van der Waals surface area contributed by atoms with Gasteiger partial charge in [0.2, 0.25) is 5.91 Å². The number of carbonyl (C=O) groups excluding carboxylic acids is 1. The minimum absolute atomic E-state index is 0.0158. The second-order valence-corrected chi connectivity index (χ2v) is 4.78. The molecule has 0 aromatic heterocycles. The van der Waals surface area contributed by atoms with Gasteiger partial charge in [-0.15, -0.1) is 0 Å². The zero-order chi connectivity index (χ0) is 16.2. The van der Waals surface area contributed by atoms with Crippen LogP contribution in [0.3, 0.4) is 0 Å². The van der Waals surface area contributed by atoms with Crippen LogP contribution in [0.15, 0.2) is 48.5 Å². The zero-order valence-corrected chi connectivity index (χ0v) is 11.5. The highest BCUT2D eigenvalue weighted by Crippen LogP contribution is 2.29. The lowest BCUT2D eigenvalue weighted by Crippen LogP contribution is -2.24. The van der Waals surface area contributed by atoms with E-state index >= 15 is 0 Å². The minimum Gasteiger partial charge on any atom is -0.352 e. The molecule has 2 aromatic rings. The maximum atomic E-state index is 13.0. The van der Waals surface area contributed by atoms with Crippen LogP contribution in [0.25, 0.3) is 0 Å². The first-order chi connectivity index (χ1) is 10.3. The van der Waals surface area contributed by atoms with E-state index in [0.717, 1.165) is 12.1 Å². The third-order valence-corrected chi connectivity index (χ3v) is 3.00. The largest absolute Gasteiger partial charge is 0.416 e. The Kier molecular flexibility index (Phi) is 4.80. The fraction of sp³-hybridized carbons (Fsp3) is 0.188. The molecular weight excluding hydrogens is 298 g/mol. The highest BCUT2D eigenvalue weighted by molar-refractivity contribution is 5.78. The van der Waals surface area contributed by atoms with Crippen molar-refractivity contribution >= 4 is 5.91 Å². The number of hydrogen-bond acceptors (Lipinski definition) is 1. The number of benzene rings is 2. The molecule has 0 saturated heterocycles. The summed E-state index contributed by atoms with van der Waals surface area (Å²) < 4.78 is 50.7. The van der Waals surface area contributed by atoms with Gasteiger partial charge in [-0.2, -0.15) is 13.2 Å². The number of nitrogens with one attached hydrogen (secondary N) is 1. The Bertz CT molecular complexity index is 667. The molecule has 0 aliphatic carbocycles. The number of carbonyl (C=O) groups is 1. The van der Waals surface area contributed by atoms with Crippen LogP contribution in [0.5, 0.6) is 0 Å². The second kappa shape index (κ2) is 6.60. The van der Waals surface area contributed by atoms with Gasteiger partial charge in [0.15, 0.2) is 0 Å². The van der Waals surface area contributed by atoms with E-state index in [1.165, 1.54) is 30.3 Å². The molecule has 0 bridgehead atoms. The molecule has 0 aliphatic rings. The summed E-state index contributed by atoms with van der Waals surface area (Å²) in [6.45, 7) is -0.0158. The molecule has 22 heavy (non-hydrogen) atoms. The summed E-state index contributed by atoms with van der Waals surface area (Å²) in [5.74, 6) is -0.828. The summed E-state index contributed by atoms with van der Waals surface area (Å²) in [5, 5.41) is 2.52. The molecule has 6 heteroatoms. The first-order valence-electron chi connectivity index (χ1n) is 6.52. The van der Waals surface area contributed by atoms with Gasteiger partial charge < -0.3 is 5.32 Å². The van der Waals surface area contributed by atoms with Gasteiger partial charge in [-0.05, 0) is 35.4 Å². The van der Waals surface area contributed by atoms with Crippen molar-refractivity contribution in [1.29, 1.82) is 0 Å². The molecule has 116 valence electrons. The predicted octanol–water partition coefficient (Wildman–Crippen LogP) is 3.70. The van der Waals surface area contributed by atoms with Crippen LogP contribution in [0.1, 0.15) is 16.7 Å². The minimum atomic E-state index is -4.42. The Balaban J connectivity index is 1.94. The third kappa shape index (κ3) is 4.58. The lowest BCUT2D eigenvalue weighted by molar-refractivity contribution is -0.137. The molecule has 1 N–H and O–H groups in total. The lowest BCUT2D eigenvalue weighted by atomic mass is 10.1. The van der Waals surface area contributed by atoms with Gasteiger partial charge in [0.1, 0.15) is 5.82 Å². The average Bonchev–Trinajstić information content (AvgIpc) is 2.45. The molecule has 2 rings (SSSR count). The summed E-state index contributed by atoms with van der Waals surface area (Å²) in [4.78, 5) is 11.7. The molecule has 0 aliphatic heterocycles. The van der Waals surface area contributed by atoms with E-state index in [-0.39, 0.29) is 18.9 Å². The molecule has 1 amide bonds. The summed E-state index contributed by atoms with van der Waals surface area (Å²) >= 11 is 0. The van der Waals surface area contributed by atoms with Gasteiger partial charge in [0.25, 0.3) is 0 Å². The van der Waals surface area contributed by atoms with E-state index in [1.54, 1.807) is 6.07 Å². The quantitative estimate of drug-likeness (QED) is 0.857. The molecule has 0 saturated carbocycles. The molecule has 0 fully saturated rings. The Labute approximate surface area is 124 Å². The van der Waals surface area contributed by atoms with Crippen LogP contribution in [-0.4, -0.2) is 5.91 Å². The topological polar surface area (TPSA) is 29.1 Å². The van der Waals surface area contributed by atoms with Gasteiger partial charge in [0.05, 0.1) is 12.0 Å². The van der Waals surface area contributed by atoms with Crippen LogP contribution in [-0.2, 0) is 23.9 Å². The Morgan fingerprint density at radius 1 is 1.00 bits per heavy atom. The van der Waals surface area contributed by atoms with Crippen molar-refractivity contribution in [2.24, 2.45) is 0 Å². The van der Waals surface area contributed by atoms with Crippen molar-refractivity contribution in [3.05, 3.63) is 71.0 Å². The van der Waals surface area contributed by atoms with Gasteiger partial charge in [-0.3, -0.25) is 4.79 Å². The first kappa shape index (κ1) is 16.0. The predicted molar refractivity (Wildman–Crippen MR) is 73.4 cm³/mol. The van der Waals surface area contributed by atoms with Crippen LogP contribution < -0.4 is 5.32 Å². The van der Waals surface area contributed by atoms with Gasteiger partial charge in [-0.1, -0.05) is 24.3 Å². The molecule has 0 heterocycles. The van der Waals surface area contributed by atoms with E-state index < -0.39 is 17.6 Å². The van der Waals surface area contributed by atoms with Crippen molar-refractivity contribution in [3.8, 4) is 0 Å². The zero-order valence-electron chi connectivity index (χ0n) is 11.5. The summed E-state index contributed by atoms with van der Waals surface area (Å²) in [6.07, 6.45) is -4.45. The normalized spacial score (nSPS) is 11.3. The fourth-order valence-electron chi connectivity index (χ4n) is 1.95. The van der Waals surface area contributed by atoms with Crippen LogP contribution in [0.4, 0.5) is 17.6 Å². The van der Waals surface area contributed by atoms with Crippen LogP contribution >= 0.6 is 0 Å². The molecule has 0 spiro atoms. The van der Waals surface area contributed by atoms with E-state index in [2.05, 4.69) is 5.32 Å². The van der Waals surface area contributed by atoms with E-state index in [9.17, 15) is 22.4 Å².